The SMILES string of the molecule is CCCOCCOCC(NC)C1CCOC1. The van der Waals surface area contributed by atoms with Gasteiger partial charge in [0.15, 0.2) is 0 Å². The van der Waals surface area contributed by atoms with E-state index in [4.69, 9.17) is 14.2 Å². The third kappa shape index (κ3) is 5.25. The molecule has 0 aliphatic carbocycles. The maximum atomic E-state index is 5.60. The van der Waals surface area contributed by atoms with Gasteiger partial charge in [0.2, 0.25) is 0 Å². The largest absolute Gasteiger partial charge is 0.381 e. The van der Waals surface area contributed by atoms with E-state index in [1.54, 1.807) is 0 Å². The van der Waals surface area contributed by atoms with Crippen LogP contribution in [0.25, 0.3) is 0 Å². The molecular weight excluding hydrogens is 206 g/mol. The van der Waals surface area contributed by atoms with Crippen molar-refractivity contribution in [2.75, 3.05) is 46.7 Å². The molecule has 96 valence electrons. The van der Waals surface area contributed by atoms with Crippen LogP contribution in [0.4, 0.5) is 0 Å². The normalized spacial score (nSPS) is 22.5. The van der Waals surface area contributed by atoms with E-state index < -0.39 is 0 Å². The van der Waals surface area contributed by atoms with Gasteiger partial charge in [0.25, 0.3) is 0 Å². The average molecular weight is 231 g/mol. The second-order valence-electron chi connectivity index (χ2n) is 4.21. The molecule has 0 radical (unpaired) electrons. The minimum absolute atomic E-state index is 0.411. The zero-order valence-electron chi connectivity index (χ0n) is 10.5. The molecular formula is C12H25NO3. The molecule has 1 rings (SSSR count). The Balaban J connectivity index is 2.00. The Bertz CT molecular complexity index is 160. The maximum absolute atomic E-state index is 5.60. The molecule has 0 amide bonds. The molecule has 1 aliphatic rings. The Hall–Kier alpha value is -0.160. The zero-order chi connectivity index (χ0) is 11.6. The highest BCUT2D eigenvalue weighted by molar-refractivity contribution is 4.77. The quantitative estimate of drug-likeness (QED) is 0.602. The van der Waals surface area contributed by atoms with E-state index in [9.17, 15) is 0 Å². The van der Waals surface area contributed by atoms with Crippen LogP contribution >= 0.6 is 0 Å². The van der Waals surface area contributed by atoms with Crippen LogP contribution < -0.4 is 5.32 Å². The molecule has 0 saturated carbocycles. The van der Waals surface area contributed by atoms with Crippen molar-refractivity contribution in [3.8, 4) is 0 Å². The Labute approximate surface area is 98.6 Å². The van der Waals surface area contributed by atoms with Crippen LogP contribution in [0.1, 0.15) is 19.8 Å². The molecule has 1 heterocycles. The van der Waals surface area contributed by atoms with Gasteiger partial charge >= 0.3 is 0 Å². The summed E-state index contributed by atoms with van der Waals surface area (Å²) >= 11 is 0. The van der Waals surface area contributed by atoms with Crippen molar-refractivity contribution in [1.82, 2.24) is 5.32 Å². The molecule has 2 atom stereocenters. The number of hydrogen-bond acceptors (Lipinski definition) is 4. The van der Waals surface area contributed by atoms with Gasteiger partial charge in [0, 0.05) is 25.2 Å². The highest BCUT2D eigenvalue weighted by Crippen LogP contribution is 2.16. The molecule has 0 aromatic carbocycles. The van der Waals surface area contributed by atoms with E-state index >= 15 is 0 Å². The van der Waals surface area contributed by atoms with Gasteiger partial charge in [-0.15, -0.1) is 0 Å². The first-order chi connectivity index (χ1) is 7.88. The third-order valence-corrected chi connectivity index (χ3v) is 2.92. The molecule has 16 heavy (non-hydrogen) atoms. The van der Waals surface area contributed by atoms with Crippen molar-refractivity contribution in [3.63, 3.8) is 0 Å². The number of hydrogen-bond donors (Lipinski definition) is 1. The van der Waals surface area contributed by atoms with Crippen molar-refractivity contribution in [3.05, 3.63) is 0 Å². The fraction of sp³-hybridized carbons (Fsp3) is 1.00. The number of nitrogens with one attached hydrogen (secondary N) is 1. The Kier molecular flexibility index (Phi) is 7.76. The molecule has 0 bridgehead atoms. The van der Waals surface area contributed by atoms with Gasteiger partial charge in [-0.25, -0.2) is 0 Å². The minimum atomic E-state index is 0.411. The lowest BCUT2D eigenvalue weighted by Crippen LogP contribution is -2.38. The molecule has 4 heteroatoms. The summed E-state index contributed by atoms with van der Waals surface area (Å²) in [5.41, 5.74) is 0. The van der Waals surface area contributed by atoms with Crippen molar-refractivity contribution in [2.24, 2.45) is 5.92 Å². The lowest BCUT2D eigenvalue weighted by atomic mass is 10.0. The summed E-state index contributed by atoms with van der Waals surface area (Å²) in [5.74, 6) is 0.599. The van der Waals surface area contributed by atoms with E-state index in [1.807, 2.05) is 7.05 Å². The van der Waals surface area contributed by atoms with E-state index in [0.29, 0.717) is 25.2 Å². The molecule has 1 N–H and O–H groups in total. The summed E-state index contributed by atoms with van der Waals surface area (Å²) in [6.45, 7) is 6.83. The second-order valence-corrected chi connectivity index (χ2v) is 4.21. The lowest BCUT2D eigenvalue weighted by Gasteiger charge is -2.21. The van der Waals surface area contributed by atoms with Crippen molar-refractivity contribution in [1.29, 1.82) is 0 Å². The van der Waals surface area contributed by atoms with Gasteiger partial charge in [-0.2, -0.15) is 0 Å². The standard InChI is InChI=1S/C12H25NO3/c1-3-5-14-7-8-16-10-12(13-2)11-4-6-15-9-11/h11-13H,3-10H2,1-2H3. The van der Waals surface area contributed by atoms with Gasteiger partial charge < -0.3 is 19.5 Å². The molecule has 0 aromatic heterocycles. The molecule has 1 fully saturated rings. The smallest absolute Gasteiger partial charge is 0.0701 e. The molecule has 0 aromatic rings. The average Bonchev–Trinajstić information content (AvgIpc) is 2.82. The molecule has 0 spiro atoms. The highest BCUT2D eigenvalue weighted by Gasteiger charge is 2.24. The third-order valence-electron chi connectivity index (χ3n) is 2.92. The summed E-state index contributed by atoms with van der Waals surface area (Å²) in [4.78, 5) is 0. The van der Waals surface area contributed by atoms with Crippen molar-refractivity contribution < 1.29 is 14.2 Å². The molecule has 1 aliphatic heterocycles. The van der Waals surface area contributed by atoms with Crippen LogP contribution in [0.2, 0.25) is 0 Å². The number of ether oxygens (including phenoxy) is 3. The van der Waals surface area contributed by atoms with E-state index in [2.05, 4.69) is 12.2 Å². The van der Waals surface area contributed by atoms with Crippen LogP contribution in [0, 0.1) is 5.92 Å². The fourth-order valence-electron chi connectivity index (χ4n) is 1.90. The first kappa shape index (κ1) is 13.9. The van der Waals surface area contributed by atoms with Crippen LogP contribution in [0.3, 0.4) is 0 Å². The first-order valence-corrected chi connectivity index (χ1v) is 6.29. The van der Waals surface area contributed by atoms with Gasteiger partial charge in [0.05, 0.1) is 26.4 Å². The van der Waals surface area contributed by atoms with E-state index in [0.717, 1.165) is 39.3 Å². The van der Waals surface area contributed by atoms with Gasteiger partial charge in [-0.05, 0) is 19.9 Å². The van der Waals surface area contributed by atoms with Gasteiger partial charge in [-0.1, -0.05) is 6.92 Å². The van der Waals surface area contributed by atoms with Crippen LogP contribution in [-0.4, -0.2) is 52.7 Å². The van der Waals surface area contributed by atoms with Crippen LogP contribution in [-0.2, 0) is 14.2 Å². The van der Waals surface area contributed by atoms with Crippen LogP contribution in [0.15, 0.2) is 0 Å². The predicted molar refractivity (Wildman–Crippen MR) is 63.7 cm³/mol. The second kappa shape index (κ2) is 8.93. The minimum Gasteiger partial charge on any atom is -0.381 e. The molecule has 4 nitrogen and oxygen atoms in total. The zero-order valence-corrected chi connectivity index (χ0v) is 10.5. The van der Waals surface area contributed by atoms with Crippen LogP contribution in [0.5, 0.6) is 0 Å². The fourth-order valence-corrected chi connectivity index (χ4v) is 1.90. The Morgan fingerprint density at radius 1 is 1.31 bits per heavy atom. The number of rotatable bonds is 9. The first-order valence-electron chi connectivity index (χ1n) is 6.29. The summed E-state index contributed by atoms with van der Waals surface area (Å²) in [7, 11) is 1.99. The van der Waals surface area contributed by atoms with Crippen molar-refractivity contribution >= 4 is 0 Å². The summed E-state index contributed by atoms with van der Waals surface area (Å²) in [6, 6.07) is 0.411. The van der Waals surface area contributed by atoms with Gasteiger partial charge in [0.1, 0.15) is 0 Å². The number of likely N-dealkylation sites (N-methyl/N-ethyl adjacent to an activating group) is 1. The monoisotopic (exact) mass is 231 g/mol. The summed E-state index contributed by atoms with van der Waals surface area (Å²) in [5, 5.41) is 3.30. The maximum Gasteiger partial charge on any atom is 0.0701 e. The summed E-state index contributed by atoms with van der Waals surface area (Å²) in [6.07, 6.45) is 2.21. The molecule has 2 unspecified atom stereocenters. The van der Waals surface area contributed by atoms with Crippen molar-refractivity contribution in [2.45, 2.75) is 25.8 Å². The topological polar surface area (TPSA) is 39.7 Å². The Morgan fingerprint density at radius 2 is 2.12 bits per heavy atom. The molecule has 1 saturated heterocycles. The summed E-state index contributed by atoms with van der Waals surface area (Å²) < 4.78 is 16.3. The predicted octanol–water partition coefficient (Wildman–Crippen LogP) is 1.05. The van der Waals surface area contributed by atoms with Gasteiger partial charge in [-0.3, -0.25) is 0 Å². The highest BCUT2D eigenvalue weighted by atomic mass is 16.5. The van der Waals surface area contributed by atoms with E-state index in [-0.39, 0.29) is 0 Å². The van der Waals surface area contributed by atoms with E-state index in [1.165, 1.54) is 0 Å². The Morgan fingerprint density at radius 3 is 2.75 bits per heavy atom. The lowest BCUT2D eigenvalue weighted by molar-refractivity contribution is 0.0322.